The van der Waals surface area contributed by atoms with Gasteiger partial charge in [0.2, 0.25) is 15.9 Å². The first-order valence-corrected chi connectivity index (χ1v) is 14.3. The third kappa shape index (κ3) is 6.69. The van der Waals surface area contributed by atoms with E-state index in [4.69, 9.17) is 4.74 Å². The van der Waals surface area contributed by atoms with E-state index in [2.05, 4.69) is 21.1 Å². The molecule has 2 aromatic heterocycles. The van der Waals surface area contributed by atoms with Gasteiger partial charge in [0.1, 0.15) is 17.2 Å². The molecule has 1 atom stereocenters. The molecule has 190 valence electrons. The van der Waals surface area contributed by atoms with Crippen LogP contribution in [0.3, 0.4) is 0 Å². The molecule has 1 aliphatic carbocycles. The van der Waals surface area contributed by atoms with Gasteiger partial charge in [-0.1, -0.05) is 6.07 Å². The minimum Gasteiger partial charge on any atom is -0.446 e. The molecule has 1 fully saturated rings. The Kier molecular flexibility index (Phi) is 8.03. The molecule has 2 aliphatic rings. The number of ether oxygens (including phenoxy) is 1. The third-order valence-electron chi connectivity index (χ3n) is 6.08. The van der Waals surface area contributed by atoms with Gasteiger partial charge in [0.25, 0.3) is 0 Å². The normalized spacial score (nSPS) is 18.4. The maximum atomic E-state index is 12.7. The number of hydrogen-bond acceptors (Lipinski definition) is 8. The Bertz CT molecular complexity index is 1290. The van der Waals surface area contributed by atoms with Crippen molar-refractivity contribution in [1.29, 1.82) is 5.26 Å². The molecule has 1 saturated heterocycles. The van der Waals surface area contributed by atoms with E-state index >= 15 is 0 Å². The summed E-state index contributed by atoms with van der Waals surface area (Å²) in [4.78, 5) is 31.6. The predicted octanol–water partition coefficient (Wildman–Crippen LogP) is 2.67. The lowest BCUT2D eigenvalue weighted by Crippen LogP contribution is -2.47. The zero-order valence-corrected chi connectivity index (χ0v) is 21.4. The number of sulfonamides is 1. The SMILES string of the molecule is CS(=O)(=O)NC1CCN(C(=O)OC2CCc3c(sc(NC(=O)C=Cc4cccnc4)c3C#N)C2)CC1. The average molecular weight is 530 g/mol. The number of pyridine rings is 1. The summed E-state index contributed by atoms with van der Waals surface area (Å²) in [5.41, 5.74) is 2.15. The number of anilines is 1. The lowest BCUT2D eigenvalue weighted by atomic mass is 9.94. The van der Waals surface area contributed by atoms with E-state index in [-0.39, 0.29) is 18.1 Å². The van der Waals surface area contributed by atoms with Crippen LogP contribution in [0.4, 0.5) is 9.80 Å². The molecule has 2 amide bonds. The smallest absolute Gasteiger partial charge is 0.410 e. The number of carbonyl (C=O) groups excluding carboxylic acids is 2. The lowest BCUT2D eigenvalue weighted by molar-refractivity contribution is -0.111. The van der Waals surface area contributed by atoms with Crippen LogP contribution in [-0.4, -0.2) is 61.8 Å². The fourth-order valence-electron chi connectivity index (χ4n) is 4.36. The number of likely N-dealkylation sites (tertiary alicyclic amines) is 1. The molecule has 0 aromatic carbocycles. The number of amides is 2. The van der Waals surface area contributed by atoms with E-state index in [1.165, 1.54) is 17.4 Å². The molecule has 3 heterocycles. The van der Waals surface area contributed by atoms with Crippen LogP contribution in [0, 0.1) is 11.3 Å². The van der Waals surface area contributed by atoms with Crippen LogP contribution in [0.5, 0.6) is 0 Å². The van der Waals surface area contributed by atoms with Gasteiger partial charge < -0.3 is 15.0 Å². The van der Waals surface area contributed by atoms with Crippen molar-refractivity contribution < 1.29 is 22.7 Å². The second-order valence-electron chi connectivity index (χ2n) is 8.83. The van der Waals surface area contributed by atoms with Gasteiger partial charge in [-0.3, -0.25) is 9.78 Å². The number of fused-ring (bicyclic) bond motifs is 1. The predicted molar refractivity (Wildman–Crippen MR) is 136 cm³/mol. The molecule has 36 heavy (non-hydrogen) atoms. The van der Waals surface area contributed by atoms with Crippen LogP contribution in [0.1, 0.15) is 40.8 Å². The average Bonchev–Trinajstić information content (AvgIpc) is 3.18. The van der Waals surface area contributed by atoms with Crippen LogP contribution in [0.15, 0.2) is 30.6 Å². The number of thiophene rings is 1. The largest absolute Gasteiger partial charge is 0.446 e. The Hall–Kier alpha value is -3.27. The summed E-state index contributed by atoms with van der Waals surface area (Å²) in [5.74, 6) is -0.342. The van der Waals surface area contributed by atoms with Crippen LogP contribution in [0.25, 0.3) is 6.08 Å². The third-order valence-corrected chi connectivity index (χ3v) is 8.01. The Morgan fingerprint density at radius 2 is 2.08 bits per heavy atom. The van der Waals surface area contributed by atoms with E-state index in [0.29, 0.717) is 55.8 Å². The zero-order valence-electron chi connectivity index (χ0n) is 19.8. The number of nitrogens with one attached hydrogen (secondary N) is 2. The van der Waals surface area contributed by atoms with Crippen molar-refractivity contribution in [1.82, 2.24) is 14.6 Å². The van der Waals surface area contributed by atoms with Gasteiger partial charge in [-0.15, -0.1) is 11.3 Å². The number of carbonyl (C=O) groups is 2. The molecule has 1 unspecified atom stereocenters. The number of aromatic nitrogens is 1. The summed E-state index contributed by atoms with van der Waals surface area (Å²) in [6.07, 6.45) is 9.45. The number of piperidine rings is 1. The van der Waals surface area contributed by atoms with Gasteiger partial charge in [-0.25, -0.2) is 17.9 Å². The molecule has 10 nitrogen and oxygen atoms in total. The number of nitriles is 1. The van der Waals surface area contributed by atoms with Crippen molar-refractivity contribution in [3.8, 4) is 6.07 Å². The maximum absolute atomic E-state index is 12.7. The first kappa shape index (κ1) is 25.8. The minimum atomic E-state index is -3.28. The summed E-state index contributed by atoms with van der Waals surface area (Å²) in [7, 11) is -3.28. The highest BCUT2D eigenvalue weighted by molar-refractivity contribution is 7.88. The fourth-order valence-corrected chi connectivity index (χ4v) is 6.47. The topological polar surface area (TPSA) is 141 Å². The van der Waals surface area contributed by atoms with Crippen LogP contribution >= 0.6 is 11.3 Å². The summed E-state index contributed by atoms with van der Waals surface area (Å²) in [6, 6.07) is 5.64. The lowest BCUT2D eigenvalue weighted by Gasteiger charge is -2.33. The first-order chi connectivity index (χ1) is 17.2. The quantitative estimate of drug-likeness (QED) is 0.548. The number of nitrogens with zero attached hydrogens (tertiary/aromatic N) is 3. The number of hydrogen-bond donors (Lipinski definition) is 2. The Morgan fingerprint density at radius 1 is 1.31 bits per heavy atom. The standard InChI is InChI=1S/C24H27N5O5S2/c1-36(32,33)28-17-8-11-29(12-9-17)24(31)34-18-5-6-19-20(14-25)23(35-21(19)13-18)27-22(30)7-4-16-3-2-10-26-15-16/h2-4,7,10,15,17-18,28H,5-6,8-9,11-13H2,1H3,(H,27,30). The second-order valence-corrected chi connectivity index (χ2v) is 11.7. The molecule has 0 bridgehead atoms. The monoisotopic (exact) mass is 529 g/mol. The van der Waals surface area contributed by atoms with Crippen molar-refractivity contribution in [2.24, 2.45) is 0 Å². The first-order valence-electron chi connectivity index (χ1n) is 11.6. The molecular formula is C24H27N5O5S2. The molecule has 2 N–H and O–H groups in total. The Morgan fingerprint density at radius 3 is 2.75 bits per heavy atom. The van der Waals surface area contributed by atoms with Gasteiger partial charge in [0.15, 0.2) is 0 Å². The molecule has 2 aromatic rings. The second kappa shape index (κ2) is 11.2. The Labute approximate surface area is 214 Å². The van der Waals surface area contributed by atoms with Crippen LogP contribution in [0.2, 0.25) is 0 Å². The summed E-state index contributed by atoms with van der Waals surface area (Å²) in [6.45, 7) is 0.842. The van der Waals surface area contributed by atoms with Crippen molar-refractivity contribution >= 4 is 44.4 Å². The zero-order chi connectivity index (χ0) is 25.7. The van der Waals surface area contributed by atoms with E-state index in [9.17, 15) is 23.3 Å². The molecule has 12 heteroatoms. The van der Waals surface area contributed by atoms with E-state index in [1.54, 1.807) is 29.4 Å². The highest BCUT2D eigenvalue weighted by atomic mass is 32.2. The van der Waals surface area contributed by atoms with E-state index in [0.717, 1.165) is 22.3 Å². The van der Waals surface area contributed by atoms with E-state index in [1.807, 2.05) is 6.07 Å². The molecule has 0 saturated carbocycles. The van der Waals surface area contributed by atoms with Gasteiger partial charge in [0.05, 0.1) is 11.8 Å². The van der Waals surface area contributed by atoms with Crippen molar-refractivity contribution in [2.45, 2.75) is 44.2 Å². The molecule has 4 rings (SSSR count). The van der Waals surface area contributed by atoms with Crippen molar-refractivity contribution in [3.63, 3.8) is 0 Å². The summed E-state index contributed by atoms with van der Waals surface area (Å²) >= 11 is 1.34. The maximum Gasteiger partial charge on any atom is 0.410 e. The highest BCUT2D eigenvalue weighted by Gasteiger charge is 2.31. The van der Waals surface area contributed by atoms with Crippen LogP contribution < -0.4 is 10.0 Å². The minimum absolute atomic E-state index is 0.176. The summed E-state index contributed by atoms with van der Waals surface area (Å²) in [5, 5.41) is 13.0. The van der Waals surface area contributed by atoms with Crippen LogP contribution in [-0.2, 0) is 32.4 Å². The van der Waals surface area contributed by atoms with Gasteiger partial charge in [-0.05, 0) is 49.0 Å². The number of rotatable bonds is 6. The molecule has 0 spiro atoms. The Balaban J connectivity index is 1.33. The van der Waals surface area contributed by atoms with Crippen molar-refractivity contribution in [2.75, 3.05) is 24.7 Å². The molecule has 0 radical (unpaired) electrons. The highest BCUT2D eigenvalue weighted by Crippen LogP contribution is 2.38. The van der Waals surface area contributed by atoms with Gasteiger partial charge in [0, 0.05) is 48.9 Å². The van der Waals surface area contributed by atoms with Crippen molar-refractivity contribution in [3.05, 3.63) is 52.2 Å². The van der Waals surface area contributed by atoms with E-state index < -0.39 is 16.1 Å². The molecular weight excluding hydrogens is 502 g/mol. The molecule has 1 aliphatic heterocycles. The summed E-state index contributed by atoms with van der Waals surface area (Å²) < 4.78 is 31.2. The van der Waals surface area contributed by atoms with Gasteiger partial charge >= 0.3 is 6.09 Å². The fraction of sp³-hybridized carbons (Fsp3) is 0.417. The van der Waals surface area contributed by atoms with Gasteiger partial charge in [-0.2, -0.15) is 5.26 Å².